The van der Waals surface area contributed by atoms with Gasteiger partial charge in [0.2, 0.25) is 15.9 Å². The van der Waals surface area contributed by atoms with Crippen LogP contribution in [0.25, 0.3) is 0 Å². The minimum absolute atomic E-state index is 0.311. The summed E-state index contributed by atoms with van der Waals surface area (Å²) >= 11 is 0. The monoisotopic (exact) mass is 344 g/mol. The summed E-state index contributed by atoms with van der Waals surface area (Å²) in [6.45, 7) is 0. The van der Waals surface area contributed by atoms with Gasteiger partial charge >= 0.3 is 0 Å². The van der Waals surface area contributed by atoms with Crippen molar-refractivity contribution in [3.63, 3.8) is 0 Å². The maximum absolute atomic E-state index is 12.6. The Hall–Kier alpha value is -2.18. The predicted molar refractivity (Wildman–Crippen MR) is 94.1 cm³/mol. The molecule has 1 saturated carbocycles. The Morgan fingerprint density at radius 2 is 1.58 bits per heavy atom. The molecule has 0 aliphatic heterocycles. The molecule has 0 radical (unpaired) electrons. The average Bonchev–Trinajstić information content (AvgIpc) is 3.41. The molecule has 6 heteroatoms. The van der Waals surface area contributed by atoms with Crippen LogP contribution in [0.1, 0.15) is 18.4 Å². The Bertz CT molecular complexity index is 788. The minimum atomic E-state index is -3.45. The van der Waals surface area contributed by atoms with Gasteiger partial charge in [-0.15, -0.1) is 0 Å². The second-order valence-electron chi connectivity index (χ2n) is 5.96. The molecule has 2 aromatic rings. The first-order valence-electron chi connectivity index (χ1n) is 7.95. The first kappa shape index (κ1) is 16.7. The molecular weight excluding hydrogens is 324 g/mol. The lowest BCUT2D eigenvalue weighted by atomic mass is 10.1. The lowest BCUT2D eigenvalue weighted by Crippen LogP contribution is -2.46. The van der Waals surface area contributed by atoms with Gasteiger partial charge in [0.25, 0.3) is 0 Å². The Balaban J connectivity index is 1.76. The number of amides is 1. The van der Waals surface area contributed by atoms with E-state index in [0.717, 1.165) is 5.56 Å². The van der Waals surface area contributed by atoms with Gasteiger partial charge in [-0.05, 0) is 37.0 Å². The lowest BCUT2D eigenvalue weighted by molar-refractivity contribution is -0.117. The Labute approximate surface area is 142 Å². The summed E-state index contributed by atoms with van der Waals surface area (Å²) in [6.07, 6.45) is 1.63. The zero-order chi connectivity index (χ0) is 17.0. The number of anilines is 1. The normalized spacial score (nSPS) is 15.7. The molecule has 0 aromatic heterocycles. The van der Waals surface area contributed by atoms with Crippen LogP contribution in [0.5, 0.6) is 0 Å². The van der Waals surface area contributed by atoms with E-state index in [9.17, 15) is 13.2 Å². The highest BCUT2D eigenvalue weighted by Crippen LogP contribution is 2.28. The third kappa shape index (κ3) is 4.43. The summed E-state index contributed by atoms with van der Waals surface area (Å²) in [4.78, 5) is 12.6. The van der Waals surface area contributed by atoms with E-state index in [4.69, 9.17) is 0 Å². The van der Waals surface area contributed by atoms with Crippen molar-refractivity contribution in [2.75, 3.05) is 5.32 Å². The van der Waals surface area contributed by atoms with E-state index in [1.165, 1.54) is 0 Å². The summed E-state index contributed by atoms with van der Waals surface area (Å²) in [7, 11) is -3.45. The third-order valence-corrected chi connectivity index (χ3v) is 5.87. The molecule has 126 valence electrons. The minimum Gasteiger partial charge on any atom is -0.325 e. The van der Waals surface area contributed by atoms with E-state index >= 15 is 0 Å². The molecule has 2 aromatic carbocycles. The number of carbonyl (C=O) groups is 1. The number of rotatable bonds is 7. The maximum Gasteiger partial charge on any atom is 0.242 e. The first-order chi connectivity index (χ1) is 11.5. The van der Waals surface area contributed by atoms with Gasteiger partial charge in [0.1, 0.15) is 6.04 Å². The highest BCUT2D eigenvalue weighted by Gasteiger charge is 2.38. The van der Waals surface area contributed by atoms with E-state index < -0.39 is 16.1 Å². The SMILES string of the molecule is O=C(Nc1ccccc1)C(Cc1ccccc1)NS(=O)(=O)C1CC1. The van der Waals surface area contributed by atoms with Crippen LogP contribution in [0.15, 0.2) is 60.7 Å². The van der Waals surface area contributed by atoms with E-state index in [1.807, 2.05) is 48.5 Å². The topological polar surface area (TPSA) is 75.3 Å². The van der Waals surface area contributed by atoms with Crippen molar-refractivity contribution in [3.05, 3.63) is 66.2 Å². The smallest absolute Gasteiger partial charge is 0.242 e. The van der Waals surface area contributed by atoms with Crippen LogP contribution >= 0.6 is 0 Å². The fourth-order valence-corrected chi connectivity index (χ4v) is 4.00. The van der Waals surface area contributed by atoms with Gasteiger partial charge in [-0.1, -0.05) is 48.5 Å². The molecule has 1 unspecified atom stereocenters. The number of hydrogen-bond acceptors (Lipinski definition) is 3. The molecule has 0 spiro atoms. The van der Waals surface area contributed by atoms with E-state index in [-0.39, 0.29) is 11.2 Å². The van der Waals surface area contributed by atoms with Gasteiger partial charge < -0.3 is 5.32 Å². The van der Waals surface area contributed by atoms with Crippen molar-refractivity contribution in [3.8, 4) is 0 Å². The molecule has 1 atom stereocenters. The molecule has 0 saturated heterocycles. The van der Waals surface area contributed by atoms with Crippen LogP contribution in [-0.4, -0.2) is 25.6 Å². The third-order valence-electron chi connectivity index (χ3n) is 3.91. The quantitative estimate of drug-likeness (QED) is 0.809. The van der Waals surface area contributed by atoms with Crippen LogP contribution < -0.4 is 10.0 Å². The zero-order valence-corrected chi connectivity index (χ0v) is 14.0. The second kappa shape index (κ2) is 7.15. The fraction of sp³-hybridized carbons (Fsp3) is 0.278. The number of hydrogen-bond donors (Lipinski definition) is 2. The van der Waals surface area contributed by atoms with Gasteiger partial charge in [-0.3, -0.25) is 4.79 Å². The molecule has 1 aliphatic carbocycles. The summed E-state index contributed by atoms with van der Waals surface area (Å²) in [5, 5.41) is 2.42. The summed E-state index contributed by atoms with van der Waals surface area (Å²) in [5.41, 5.74) is 1.55. The summed E-state index contributed by atoms with van der Waals surface area (Å²) in [5.74, 6) is -0.353. The predicted octanol–water partition coefficient (Wildman–Crippen LogP) is 2.32. The average molecular weight is 344 g/mol. The van der Waals surface area contributed by atoms with Gasteiger partial charge in [-0.25, -0.2) is 13.1 Å². The highest BCUT2D eigenvalue weighted by atomic mass is 32.2. The van der Waals surface area contributed by atoms with Crippen LogP contribution in [0, 0.1) is 0 Å². The van der Waals surface area contributed by atoms with Crippen molar-refractivity contribution in [1.82, 2.24) is 4.72 Å². The molecule has 0 bridgehead atoms. The number of sulfonamides is 1. The summed E-state index contributed by atoms with van der Waals surface area (Å²) < 4.78 is 27.1. The van der Waals surface area contributed by atoms with Crippen molar-refractivity contribution in [2.24, 2.45) is 0 Å². The molecule has 3 rings (SSSR count). The summed E-state index contributed by atoms with van der Waals surface area (Å²) in [6, 6.07) is 17.6. The van der Waals surface area contributed by atoms with Crippen molar-refractivity contribution in [1.29, 1.82) is 0 Å². The van der Waals surface area contributed by atoms with E-state index in [0.29, 0.717) is 24.9 Å². The number of carbonyl (C=O) groups excluding carboxylic acids is 1. The molecular formula is C18H20N2O3S. The standard InChI is InChI=1S/C18H20N2O3S/c21-18(19-15-9-5-2-6-10-15)17(13-14-7-3-1-4-8-14)20-24(22,23)16-11-12-16/h1-10,16-17,20H,11-13H2,(H,19,21). The number of para-hydroxylation sites is 1. The van der Waals surface area contributed by atoms with Crippen molar-refractivity contribution >= 4 is 21.6 Å². The highest BCUT2D eigenvalue weighted by molar-refractivity contribution is 7.90. The maximum atomic E-state index is 12.6. The first-order valence-corrected chi connectivity index (χ1v) is 9.50. The molecule has 2 N–H and O–H groups in total. The lowest BCUT2D eigenvalue weighted by Gasteiger charge is -2.18. The van der Waals surface area contributed by atoms with Crippen LogP contribution in [0.3, 0.4) is 0 Å². The van der Waals surface area contributed by atoms with Crippen LogP contribution in [-0.2, 0) is 21.2 Å². The van der Waals surface area contributed by atoms with Crippen LogP contribution in [0.2, 0.25) is 0 Å². The molecule has 1 aliphatic rings. The van der Waals surface area contributed by atoms with Crippen LogP contribution in [0.4, 0.5) is 5.69 Å². The van der Waals surface area contributed by atoms with Gasteiger partial charge in [0, 0.05) is 5.69 Å². The Morgan fingerprint density at radius 3 is 2.17 bits per heavy atom. The fourth-order valence-electron chi connectivity index (χ4n) is 2.46. The van der Waals surface area contributed by atoms with E-state index in [2.05, 4.69) is 10.0 Å². The number of benzene rings is 2. The van der Waals surface area contributed by atoms with Gasteiger partial charge in [-0.2, -0.15) is 0 Å². The molecule has 5 nitrogen and oxygen atoms in total. The van der Waals surface area contributed by atoms with Gasteiger partial charge in [0.15, 0.2) is 0 Å². The number of nitrogens with one attached hydrogen (secondary N) is 2. The largest absolute Gasteiger partial charge is 0.325 e. The molecule has 1 amide bonds. The second-order valence-corrected chi connectivity index (χ2v) is 7.95. The zero-order valence-electron chi connectivity index (χ0n) is 13.2. The van der Waals surface area contributed by atoms with Crippen molar-refractivity contribution in [2.45, 2.75) is 30.6 Å². The van der Waals surface area contributed by atoms with Crippen molar-refractivity contribution < 1.29 is 13.2 Å². The Morgan fingerprint density at radius 1 is 1.00 bits per heavy atom. The van der Waals surface area contributed by atoms with E-state index in [1.54, 1.807) is 12.1 Å². The Kier molecular flexibility index (Phi) is 4.97. The molecule has 0 heterocycles. The van der Waals surface area contributed by atoms with Gasteiger partial charge in [0.05, 0.1) is 5.25 Å². The molecule has 1 fully saturated rings. The molecule has 24 heavy (non-hydrogen) atoms.